The lowest BCUT2D eigenvalue weighted by Crippen LogP contribution is -2.42. The molecule has 3 rings (SSSR count). The Morgan fingerprint density at radius 2 is 1.90 bits per heavy atom. The normalized spacial score (nSPS) is 23.6. The van der Waals surface area contributed by atoms with Crippen molar-refractivity contribution in [3.05, 3.63) is 35.4 Å². The summed E-state index contributed by atoms with van der Waals surface area (Å²) in [6, 6.07) is 8.79. The third kappa shape index (κ3) is 8.86. The molecule has 1 aromatic rings. The molecule has 176 valence electrons. The number of guanidine groups is 1. The van der Waals surface area contributed by atoms with Crippen LogP contribution in [-0.4, -0.2) is 69.9 Å². The third-order valence-electron chi connectivity index (χ3n) is 5.96. The molecule has 0 spiro atoms. The van der Waals surface area contributed by atoms with Crippen LogP contribution >= 0.6 is 24.0 Å². The van der Waals surface area contributed by atoms with Crippen LogP contribution in [0, 0.1) is 18.8 Å². The third-order valence-corrected chi connectivity index (χ3v) is 5.96. The number of hydrogen-bond donors (Lipinski definition) is 2. The van der Waals surface area contributed by atoms with E-state index >= 15 is 0 Å². The zero-order valence-corrected chi connectivity index (χ0v) is 21.8. The highest BCUT2D eigenvalue weighted by molar-refractivity contribution is 14.0. The van der Waals surface area contributed by atoms with Crippen LogP contribution in [0.4, 0.5) is 0 Å². The molecule has 0 radical (unpaired) electrons. The average molecular weight is 545 g/mol. The topological polar surface area (TPSA) is 58.1 Å². The van der Waals surface area contributed by atoms with E-state index in [1.54, 1.807) is 0 Å². The minimum absolute atomic E-state index is 0. The zero-order valence-electron chi connectivity index (χ0n) is 19.4. The Kier molecular flexibility index (Phi) is 12.1. The molecule has 0 aliphatic carbocycles. The molecule has 7 heteroatoms. The lowest BCUT2D eigenvalue weighted by molar-refractivity contribution is -0.0265. The number of halogens is 1. The van der Waals surface area contributed by atoms with Gasteiger partial charge >= 0.3 is 0 Å². The number of rotatable bonds is 8. The summed E-state index contributed by atoms with van der Waals surface area (Å²) in [6.07, 6.45) is 2.46. The Morgan fingerprint density at radius 1 is 1.16 bits per heavy atom. The van der Waals surface area contributed by atoms with Gasteiger partial charge in [-0.2, -0.15) is 0 Å². The van der Waals surface area contributed by atoms with Crippen molar-refractivity contribution in [1.29, 1.82) is 0 Å². The molecule has 2 aliphatic rings. The molecule has 2 N–H and O–H groups in total. The van der Waals surface area contributed by atoms with Crippen molar-refractivity contribution in [2.24, 2.45) is 16.8 Å². The van der Waals surface area contributed by atoms with Gasteiger partial charge in [0.2, 0.25) is 0 Å². The molecule has 31 heavy (non-hydrogen) atoms. The van der Waals surface area contributed by atoms with Gasteiger partial charge in [0.1, 0.15) is 0 Å². The summed E-state index contributed by atoms with van der Waals surface area (Å²) in [5.41, 5.74) is 2.57. The second-order valence-corrected chi connectivity index (χ2v) is 8.72. The number of nitrogens with one attached hydrogen (secondary N) is 2. The molecule has 0 saturated carbocycles. The van der Waals surface area contributed by atoms with E-state index in [2.05, 4.69) is 60.6 Å². The van der Waals surface area contributed by atoms with Crippen LogP contribution < -0.4 is 10.6 Å². The molecule has 0 amide bonds. The maximum atomic E-state index is 6.18. The minimum Gasteiger partial charge on any atom is -0.379 e. The summed E-state index contributed by atoms with van der Waals surface area (Å²) in [4.78, 5) is 7.35. The Hall–Kier alpha value is -0.900. The summed E-state index contributed by atoms with van der Waals surface area (Å²) in [5, 5.41) is 6.99. The molecule has 2 heterocycles. The first-order valence-electron chi connectivity index (χ1n) is 11.7. The van der Waals surface area contributed by atoms with E-state index in [-0.39, 0.29) is 30.1 Å². The first kappa shape index (κ1) is 26.4. The number of nitrogens with zero attached hydrogens (tertiary/aromatic N) is 2. The van der Waals surface area contributed by atoms with E-state index in [1.165, 1.54) is 17.5 Å². The summed E-state index contributed by atoms with van der Waals surface area (Å²) in [6.45, 7) is 14.8. The standard InChI is InChI=1S/C24H40N4O2.HI/c1-4-25-24(26-16-20(3)18-28-11-14-29-15-12-28)27-17-22-6-5-13-30-23(22)21-9-7-19(2)8-10-21;/h7-10,20,22-23H,4-6,11-18H2,1-3H3,(H2,25,26,27);1H. The lowest BCUT2D eigenvalue weighted by Gasteiger charge is -2.33. The predicted octanol–water partition coefficient (Wildman–Crippen LogP) is 3.60. The van der Waals surface area contributed by atoms with Crippen LogP contribution in [0.5, 0.6) is 0 Å². The lowest BCUT2D eigenvalue weighted by atomic mass is 9.89. The van der Waals surface area contributed by atoms with Crippen LogP contribution in [0.15, 0.2) is 29.3 Å². The van der Waals surface area contributed by atoms with Crippen molar-refractivity contribution in [3.8, 4) is 0 Å². The zero-order chi connectivity index (χ0) is 21.2. The Morgan fingerprint density at radius 3 is 2.61 bits per heavy atom. The fraction of sp³-hybridized carbons (Fsp3) is 0.708. The maximum Gasteiger partial charge on any atom is 0.191 e. The molecule has 2 saturated heterocycles. The highest BCUT2D eigenvalue weighted by Crippen LogP contribution is 2.33. The van der Waals surface area contributed by atoms with Gasteiger partial charge in [0, 0.05) is 51.8 Å². The van der Waals surface area contributed by atoms with E-state index in [0.29, 0.717) is 11.8 Å². The Labute approximate surface area is 205 Å². The van der Waals surface area contributed by atoms with Crippen molar-refractivity contribution in [2.75, 3.05) is 59.1 Å². The largest absolute Gasteiger partial charge is 0.379 e. The summed E-state index contributed by atoms with van der Waals surface area (Å²) < 4.78 is 11.6. The van der Waals surface area contributed by atoms with Gasteiger partial charge in [-0.1, -0.05) is 36.8 Å². The maximum absolute atomic E-state index is 6.18. The molecule has 0 aromatic heterocycles. The number of ether oxygens (including phenoxy) is 2. The van der Waals surface area contributed by atoms with Crippen molar-refractivity contribution in [3.63, 3.8) is 0 Å². The summed E-state index contributed by atoms with van der Waals surface area (Å²) in [5.74, 6) is 1.90. The van der Waals surface area contributed by atoms with Crippen LogP contribution in [0.25, 0.3) is 0 Å². The van der Waals surface area contributed by atoms with Crippen LogP contribution in [0.1, 0.15) is 43.9 Å². The van der Waals surface area contributed by atoms with Crippen molar-refractivity contribution < 1.29 is 9.47 Å². The first-order valence-corrected chi connectivity index (χ1v) is 11.7. The molecule has 3 atom stereocenters. The second kappa shape index (κ2) is 14.3. The Balaban J connectivity index is 0.00000341. The Bertz CT molecular complexity index is 649. The number of aryl methyl sites for hydroxylation is 1. The fourth-order valence-electron chi connectivity index (χ4n) is 4.28. The second-order valence-electron chi connectivity index (χ2n) is 8.72. The average Bonchev–Trinajstić information content (AvgIpc) is 2.77. The molecule has 2 aliphatic heterocycles. The molecular weight excluding hydrogens is 503 g/mol. The van der Waals surface area contributed by atoms with Gasteiger partial charge in [0.25, 0.3) is 0 Å². The van der Waals surface area contributed by atoms with Gasteiger partial charge in [-0.05, 0) is 38.2 Å². The van der Waals surface area contributed by atoms with E-state index < -0.39 is 0 Å². The molecular formula is C24H41IN4O2. The van der Waals surface area contributed by atoms with Crippen molar-refractivity contribution in [2.45, 2.75) is 39.7 Å². The van der Waals surface area contributed by atoms with E-state index in [4.69, 9.17) is 14.5 Å². The molecule has 1 aromatic carbocycles. The van der Waals surface area contributed by atoms with E-state index in [9.17, 15) is 0 Å². The highest BCUT2D eigenvalue weighted by atomic mass is 127. The highest BCUT2D eigenvalue weighted by Gasteiger charge is 2.27. The van der Waals surface area contributed by atoms with Crippen molar-refractivity contribution >= 4 is 29.9 Å². The van der Waals surface area contributed by atoms with E-state index in [0.717, 1.165) is 71.5 Å². The number of morpholine rings is 1. The molecule has 3 unspecified atom stereocenters. The molecule has 2 fully saturated rings. The monoisotopic (exact) mass is 544 g/mol. The SMILES string of the molecule is CCNC(=NCC(C)CN1CCOCC1)NCC1CCCOC1c1ccc(C)cc1.I. The fourth-order valence-corrected chi connectivity index (χ4v) is 4.28. The van der Waals surface area contributed by atoms with E-state index in [1.807, 2.05) is 0 Å². The number of benzene rings is 1. The van der Waals surface area contributed by atoms with Gasteiger partial charge in [-0.25, -0.2) is 0 Å². The van der Waals surface area contributed by atoms with Gasteiger partial charge in [0.05, 0.1) is 19.3 Å². The van der Waals surface area contributed by atoms with Gasteiger partial charge in [-0.3, -0.25) is 9.89 Å². The van der Waals surface area contributed by atoms with Gasteiger partial charge < -0.3 is 20.1 Å². The smallest absolute Gasteiger partial charge is 0.191 e. The van der Waals surface area contributed by atoms with Gasteiger partial charge in [0.15, 0.2) is 5.96 Å². The quantitative estimate of drug-likeness (QED) is 0.298. The number of aliphatic imine (C=N–C) groups is 1. The molecule has 0 bridgehead atoms. The van der Waals surface area contributed by atoms with Crippen molar-refractivity contribution in [1.82, 2.24) is 15.5 Å². The van der Waals surface area contributed by atoms with Crippen LogP contribution in [0.2, 0.25) is 0 Å². The minimum atomic E-state index is 0. The molecule has 6 nitrogen and oxygen atoms in total. The van der Waals surface area contributed by atoms with Crippen LogP contribution in [-0.2, 0) is 9.47 Å². The number of hydrogen-bond acceptors (Lipinski definition) is 4. The summed E-state index contributed by atoms with van der Waals surface area (Å²) in [7, 11) is 0. The summed E-state index contributed by atoms with van der Waals surface area (Å²) >= 11 is 0. The van der Waals surface area contributed by atoms with Crippen LogP contribution in [0.3, 0.4) is 0 Å². The first-order chi connectivity index (χ1) is 14.7. The van der Waals surface area contributed by atoms with Gasteiger partial charge in [-0.15, -0.1) is 24.0 Å². The predicted molar refractivity (Wildman–Crippen MR) is 138 cm³/mol.